The third kappa shape index (κ3) is 2.94. The first-order valence-corrected chi connectivity index (χ1v) is 4.44. The average molecular weight is 226 g/mol. The van der Waals surface area contributed by atoms with Crippen molar-refractivity contribution < 1.29 is 18.7 Å². The number of nitrogen functional groups attached to an aromatic ring is 1. The molecule has 1 amide bonds. The Morgan fingerprint density at radius 3 is 2.75 bits per heavy atom. The molecule has 1 aromatic rings. The van der Waals surface area contributed by atoms with Crippen molar-refractivity contribution in [3.63, 3.8) is 0 Å². The molecule has 0 bridgehead atoms. The van der Waals surface area contributed by atoms with E-state index in [1.54, 1.807) is 0 Å². The highest BCUT2D eigenvalue weighted by atomic mass is 19.1. The van der Waals surface area contributed by atoms with Gasteiger partial charge in [-0.25, -0.2) is 4.39 Å². The molecule has 0 spiro atoms. The summed E-state index contributed by atoms with van der Waals surface area (Å²) in [6.07, 6.45) is 0. The van der Waals surface area contributed by atoms with Crippen LogP contribution in [0.4, 0.5) is 10.1 Å². The number of anilines is 1. The van der Waals surface area contributed by atoms with Gasteiger partial charge in [0.05, 0.1) is 12.8 Å². The predicted molar refractivity (Wildman–Crippen MR) is 55.2 cm³/mol. The molecule has 5 nitrogen and oxygen atoms in total. The average Bonchev–Trinajstić information content (AvgIpc) is 2.29. The van der Waals surface area contributed by atoms with Gasteiger partial charge in [0.2, 0.25) is 0 Å². The second kappa shape index (κ2) is 5.11. The van der Waals surface area contributed by atoms with Gasteiger partial charge in [0.25, 0.3) is 5.91 Å². The van der Waals surface area contributed by atoms with E-state index >= 15 is 0 Å². The Balaban J connectivity index is 2.66. The highest BCUT2D eigenvalue weighted by Crippen LogP contribution is 2.11. The highest BCUT2D eigenvalue weighted by molar-refractivity contribution is 5.96. The Hall–Kier alpha value is -2.11. The first kappa shape index (κ1) is 12.0. The van der Waals surface area contributed by atoms with E-state index in [0.29, 0.717) is 0 Å². The molecule has 1 aromatic carbocycles. The summed E-state index contributed by atoms with van der Waals surface area (Å²) in [6.45, 7) is -0.263. The second-order valence-corrected chi connectivity index (χ2v) is 3.00. The van der Waals surface area contributed by atoms with Gasteiger partial charge in [0.1, 0.15) is 12.4 Å². The quantitative estimate of drug-likeness (QED) is 0.574. The maximum Gasteiger partial charge on any atom is 0.325 e. The molecular weight excluding hydrogens is 215 g/mol. The van der Waals surface area contributed by atoms with Crippen LogP contribution in [0.3, 0.4) is 0 Å². The van der Waals surface area contributed by atoms with Crippen LogP contribution in [0.25, 0.3) is 0 Å². The van der Waals surface area contributed by atoms with E-state index in [9.17, 15) is 14.0 Å². The third-order valence-corrected chi connectivity index (χ3v) is 1.88. The number of hydrogen-bond donors (Lipinski definition) is 2. The molecule has 0 heterocycles. The molecule has 0 atom stereocenters. The highest BCUT2D eigenvalue weighted by Gasteiger charge is 2.09. The van der Waals surface area contributed by atoms with E-state index in [2.05, 4.69) is 10.1 Å². The SMILES string of the molecule is COC(=O)CNC(=O)c1ccc(N)c(F)c1. The van der Waals surface area contributed by atoms with E-state index in [0.717, 1.165) is 6.07 Å². The zero-order valence-corrected chi connectivity index (χ0v) is 8.62. The Morgan fingerprint density at radius 1 is 1.50 bits per heavy atom. The molecule has 0 saturated heterocycles. The van der Waals surface area contributed by atoms with E-state index in [4.69, 9.17) is 5.73 Å². The molecule has 1 rings (SSSR count). The van der Waals surface area contributed by atoms with Crippen LogP contribution in [0.5, 0.6) is 0 Å². The van der Waals surface area contributed by atoms with Gasteiger partial charge < -0.3 is 15.8 Å². The fraction of sp³-hybridized carbons (Fsp3) is 0.200. The molecule has 0 aliphatic rings. The smallest absolute Gasteiger partial charge is 0.325 e. The van der Waals surface area contributed by atoms with Crippen LogP contribution in [-0.4, -0.2) is 25.5 Å². The number of halogens is 1. The Morgan fingerprint density at radius 2 is 2.19 bits per heavy atom. The summed E-state index contributed by atoms with van der Waals surface area (Å²) in [5.41, 5.74) is 5.31. The first-order chi connectivity index (χ1) is 7.54. The maximum atomic E-state index is 13.0. The van der Waals surface area contributed by atoms with Crippen molar-refractivity contribution in [3.05, 3.63) is 29.6 Å². The normalized spacial score (nSPS) is 9.62. The summed E-state index contributed by atoms with van der Waals surface area (Å²) < 4.78 is 17.3. The number of rotatable bonds is 3. The molecule has 0 radical (unpaired) electrons. The van der Waals surface area contributed by atoms with Gasteiger partial charge in [0.15, 0.2) is 0 Å². The lowest BCUT2D eigenvalue weighted by Gasteiger charge is -2.04. The molecule has 3 N–H and O–H groups in total. The first-order valence-electron chi connectivity index (χ1n) is 4.44. The van der Waals surface area contributed by atoms with Gasteiger partial charge in [-0.15, -0.1) is 0 Å². The minimum atomic E-state index is -0.675. The Bertz CT molecular complexity index is 421. The van der Waals surface area contributed by atoms with Gasteiger partial charge in [-0.05, 0) is 18.2 Å². The topological polar surface area (TPSA) is 81.4 Å². The zero-order valence-electron chi connectivity index (χ0n) is 8.62. The van der Waals surface area contributed by atoms with E-state index in [-0.39, 0.29) is 17.8 Å². The minimum absolute atomic E-state index is 0.0375. The van der Waals surface area contributed by atoms with Gasteiger partial charge >= 0.3 is 5.97 Å². The summed E-state index contributed by atoms with van der Waals surface area (Å²) >= 11 is 0. The second-order valence-electron chi connectivity index (χ2n) is 3.00. The van der Waals surface area contributed by atoms with Crippen molar-refractivity contribution in [1.82, 2.24) is 5.32 Å². The number of ether oxygens (including phenoxy) is 1. The summed E-state index contributed by atoms with van der Waals surface area (Å²) in [4.78, 5) is 22.1. The number of esters is 1. The number of methoxy groups -OCH3 is 1. The minimum Gasteiger partial charge on any atom is -0.468 e. The number of nitrogens with two attached hydrogens (primary N) is 1. The maximum absolute atomic E-state index is 13.0. The van der Waals surface area contributed by atoms with Crippen LogP contribution in [0.1, 0.15) is 10.4 Å². The van der Waals surface area contributed by atoms with Crippen molar-refractivity contribution >= 4 is 17.6 Å². The molecule has 0 aliphatic heterocycles. The summed E-state index contributed by atoms with van der Waals surface area (Å²) in [6, 6.07) is 3.65. The van der Waals surface area contributed by atoms with Crippen molar-refractivity contribution in [2.24, 2.45) is 0 Å². The van der Waals surface area contributed by atoms with E-state index in [1.165, 1.54) is 19.2 Å². The Labute approximate surface area is 91.4 Å². The van der Waals surface area contributed by atoms with Crippen LogP contribution in [0.2, 0.25) is 0 Å². The van der Waals surface area contributed by atoms with Crippen molar-refractivity contribution in [2.45, 2.75) is 0 Å². The number of benzene rings is 1. The Kier molecular flexibility index (Phi) is 3.82. The zero-order chi connectivity index (χ0) is 12.1. The van der Waals surface area contributed by atoms with E-state index in [1.807, 2.05) is 0 Å². The molecule has 0 saturated carbocycles. The lowest BCUT2D eigenvalue weighted by Crippen LogP contribution is -2.30. The fourth-order valence-corrected chi connectivity index (χ4v) is 0.995. The predicted octanol–water partition coefficient (Wildman–Crippen LogP) is 0.311. The van der Waals surface area contributed by atoms with Crippen LogP contribution in [0.15, 0.2) is 18.2 Å². The van der Waals surface area contributed by atoms with Crippen LogP contribution in [-0.2, 0) is 9.53 Å². The molecule has 0 fully saturated rings. The van der Waals surface area contributed by atoms with E-state index < -0.39 is 17.7 Å². The lowest BCUT2D eigenvalue weighted by molar-refractivity contribution is -0.139. The third-order valence-electron chi connectivity index (χ3n) is 1.88. The van der Waals surface area contributed by atoms with Crippen LogP contribution >= 0.6 is 0 Å². The fourth-order valence-electron chi connectivity index (χ4n) is 0.995. The molecule has 0 unspecified atom stereocenters. The van der Waals surface area contributed by atoms with Crippen molar-refractivity contribution in [1.29, 1.82) is 0 Å². The monoisotopic (exact) mass is 226 g/mol. The standard InChI is InChI=1S/C10H11FN2O3/c1-16-9(14)5-13-10(15)6-2-3-8(12)7(11)4-6/h2-4H,5,12H2,1H3,(H,13,15). The molecule has 86 valence electrons. The van der Waals surface area contributed by atoms with Crippen molar-refractivity contribution in [2.75, 3.05) is 19.4 Å². The van der Waals surface area contributed by atoms with Gasteiger partial charge in [0, 0.05) is 5.56 Å². The number of carbonyl (C=O) groups is 2. The number of amides is 1. The van der Waals surface area contributed by atoms with Crippen molar-refractivity contribution in [3.8, 4) is 0 Å². The number of nitrogens with one attached hydrogen (secondary N) is 1. The summed E-state index contributed by atoms with van der Waals surface area (Å²) in [7, 11) is 1.21. The van der Waals surface area contributed by atoms with Crippen LogP contribution < -0.4 is 11.1 Å². The van der Waals surface area contributed by atoms with Crippen LogP contribution in [0, 0.1) is 5.82 Å². The van der Waals surface area contributed by atoms with Gasteiger partial charge in [-0.1, -0.05) is 0 Å². The van der Waals surface area contributed by atoms with Gasteiger partial charge in [-0.3, -0.25) is 9.59 Å². The number of carbonyl (C=O) groups excluding carboxylic acids is 2. The molecule has 6 heteroatoms. The molecule has 0 aliphatic carbocycles. The molecule has 0 aromatic heterocycles. The largest absolute Gasteiger partial charge is 0.468 e. The molecule has 16 heavy (non-hydrogen) atoms. The summed E-state index contributed by atoms with van der Waals surface area (Å²) in [5, 5.41) is 2.28. The van der Waals surface area contributed by atoms with Gasteiger partial charge in [-0.2, -0.15) is 0 Å². The number of hydrogen-bond acceptors (Lipinski definition) is 4. The lowest BCUT2D eigenvalue weighted by atomic mass is 10.2. The molecular formula is C10H11FN2O3. The summed E-state index contributed by atoms with van der Waals surface area (Å²) in [5.74, 6) is -1.82.